The van der Waals surface area contributed by atoms with Gasteiger partial charge in [-0.3, -0.25) is 0 Å². The molecule has 0 aromatic heterocycles. The van der Waals surface area contributed by atoms with E-state index in [1.807, 2.05) is 12.1 Å². The average Bonchev–Trinajstić information content (AvgIpc) is 2.61. The zero-order chi connectivity index (χ0) is 16.8. The Morgan fingerprint density at radius 2 is 1.48 bits per heavy atom. The molecular weight excluding hydrogens is 288 g/mol. The molecule has 3 heteroatoms. The SMILES string of the molecule is C=Cc1ccc(C(=O)OC(=O)c2ccc(C(C)CC)cc2)cc1. The van der Waals surface area contributed by atoms with Gasteiger partial charge in [-0.2, -0.15) is 0 Å². The van der Waals surface area contributed by atoms with Crippen molar-refractivity contribution in [2.75, 3.05) is 0 Å². The highest BCUT2D eigenvalue weighted by atomic mass is 16.6. The molecule has 2 rings (SSSR count). The zero-order valence-electron chi connectivity index (χ0n) is 13.4. The van der Waals surface area contributed by atoms with E-state index >= 15 is 0 Å². The van der Waals surface area contributed by atoms with E-state index in [1.54, 1.807) is 42.5 Å². The van der Waals surface area contributed by atoms with Crippen LogP contribution in [0.25, 0.3) is 6.08 Å². The molecule has 1 unspecified atom stereocenters. The van der Waals surface area contributed by atoms with Gasteiger partial charge in [0, 0.05) is 0 Å². The van der Waals surface area contributed by atoms with Crippen molar-refractivity contribution in [3.63, 3.8) is 0 Å². The van der Waals surface area contributed by atoms with Crippen LogP contribution in [0.5, 0.6) is 0 Å². The van der Waals surface area contributed by atoms with Crippen molar-refractivity contribution in [3.05, 3.63) is 77.4 Å². The van der Waals surface area contributed by atoms with Gasteiger partial charge in [-0.1, -0.05) is 50.8 Å². The lowest BCUT2D eigenvalue weighted by atomic mass is 9.98. The predicted octanol–water partition coefficient (Wildman–Crippen LogP) is 4.84. The Balaban J connectivity index is 2.05. The molecule has 2 aromatic carbocycles. The van der Waals surface area contributed by atoms with Crippen molar-refractivity contribution in [2.45, 2.75) is 26.2 Å². The monoisotopic (exact) mass is 308 g/mol. The molecule has 0 fully saturated rings. The summed E-state index contributed by atoms with van der Waals surface area (Å²) in [5, 5.41) is 0. The fraction of sp³-hybridized carbons (Fsp3) is 0.200. The third kappa shape index (κ3) is 4.16. The molecule has 118 valence electrons. The Morgan fingerprint density at radius 3 is 1.91 bits per heavy atom. The van der Waals surface area contributed by atoms with E-state index in [-0.39, 0.29) is 0 Å². The standard InChI is InChI=1S/C20H20O3/c1-4-14(3)16-10-12-18(13-11-16)20(22)23-19(21)17-8-6-15(5-2)7-9-17/h5-14H,2,4H2,1,3H3. The Bertz CT molecular complexity index is 697. The van der Waals surface area contributed by atoms with Crippen molar-refractivity contribution < 1.29 is 14.3 Å². The number of hydrogen-bond acceptors (Lipinski definition) is 3. The summed E-state index contributed by atoms with van der Waals surface area (Å²) in [6.07, 6.45) is 2.71. The van der Waals surface area contributed by atoms with Crippen molar-refractivity contribution in [3.8, 4) is 0 Å². The molecule has 0 bridgehead atoms. The Morgan fingerprint density at radius 1 is 1.00 bits per heavy atom. The number of hydrogen-bond donors (Lipinski definition) is 0. The van der Waals surface area contributed by atoms with Crippen molar-refractivity contribution >= 4 is 18.0 Å². The van der Waals surface area contributed by atoms with Crippen LogP contribution < -0.4 is 0 Å². The van der Waals surface area contributed by atoms with Gasteiger partial charge in [0.25, 0.3) is 0 Å². The fourth-order valence-electron chi connectivity index (χ4n) is 2.14. The van der Waals surface area contributed by atoms with E-state index in [1.165, 1.54) is 0 Å². The number of carbonyl (C=O) groups excluding carboxylic acids is 2. The van der Waals surface area contributed by atoms with Crippen LogP contribution in [0.4, 0.5) is 0 Å². The summed E-state index contributed by atoms with van der Waals surface area (Å²) in [4.78, 5) is 24.0. The van der Waals surface area contributed by atoms with Gasteiger partial charge in [0.15, 0.2) is 0 Å². The smallest absolute Gasteiger partial charge is 0.346 e. The first kappa shape index (κ1) is 16.7. The molecule has 0 aliphatic heterocycles. The van der Waals surface area contributed by atoms with Crippen LogP contribution in [0.2, 0.25) is 0 Å². The second-order valence-electron chi connectivity index (χ2n) is 5.43. The number of rotatable bonds is 5. The van der Waals surface area contributed by atoms with Crippen molar-refractivity contribution in [1.82, 2.24) is 0 Å². The van der Waals surface area contributed by atoms with E-state index in [4.69, 9.17) is 4.74 Å². The first-order valence-corrected chi connectivity index (χ1v) is 7.64. The maximum Gasteiger partial charge on any atom is 0.346 e. The van der Waals surface area contributed by atoms with E-state index in [9.17, 15) is 9.59 Å². The number of ether oxygens (including phenoxy) is 1. The minimum atomic E-state index is -0.656. The van der Waals surface area contributed by atoms with E-state index < -0.39 is 11.9 Å². The third-order valence-electron chi connectivity index (χ3n) is 3.90. The maximum absolute atomic E-state index is 12.0. The van der Waals surface area contributed by atoms with Crippen LogP contribution in [0, 0.1) is 0 Å². The van der Waals surface area contributed by atoms with Gasteiger partial charge in [0.2, 0.25) is 0 Å². The molecule has 2 aromatic rings. The van der Waals surface area contributed by atoms with Crippen LogP contribution >= 0.6 is 0 Å². The van der Waals surface area contributed by atoms with Gasteiger partial charge in [-0.25, -0.2) is 9.59 Å². The largest absolute Gasteiger partial charge is 0.386 e. The highest BCUT2D eigenvalue weighted by molar-refractivity contribution is 6.02. The fourth-order valence-corrected chi connectivity index (χ4v) is 2.14. The molecule has 0 heterocycles. The van der Waals surface area contributed by atoms with Crippen LogP contribution in [0.15, 0.2) is 55.1 Å². The van der Waals surface area contributed by atoms with Gasteiger partial charge in [0.1, 0.15) is 0 Å². The summed E-state index contributed by atoms with van der Waals surface area (Å²) in [5.41, 5.74) is 2.76. The minimum absolute atomic E-state index is 0.333. The molecule has 0 aliphatic rings. The molecule has 3 nitrogen and oxygen atoms in total. The first-order chi connectivity index (χ1) is 11.0. The van der Waals surface area contributed by atoms with Gasteiger partial charge < -0.3 is 4.74 Å². The highest BCUT2D eigenvalue weighted by Gasteiger charge is 2.15. The molecule has 0 spiro atoms. The van der Waals surface area contributed by atoms with Crippen LogP contribution in [0.3, 0.4) is 0 Å². The average molecular weight is 308 g/mol. The molecular formula is C20H20O3. The van der Waals surface area contributed by atoms with E-state index in [0.29, 0.717) is 17.0 Å². The summed E-state index contributed by atoms with van der Waals surface area (Å²) in [5.74, 6) is -0.861. The van der Waals surface area contributed by atoms with Crippen LogP contribution in [0.1, 0.15) is 58.0 Å². The molecule has 0 amide bonds. The molecule has 23 heavy (non-hydrogen) atoms. The van der Waals surface area contributed by atoms with E-state index in [2.05, 4.69) is 20.4 Å². The first-order valence-electron chi connectivity index (χ1n) is 7.64. The molecule has 1 atom stereocenters. The Labute approximate surface area is 136 Å². The lowest BCUT2D eigenvalue weighted by molar-refractivity contribution is 0.0398. The zero-order valence-corrected chi connectivity index (χ0v) is 13.4. The predicted molar refractivity (Wildman–Crippen MR) is 91.4 cm³/mol. The summed E-state index contributed by atoms with van der Waals surface area (Å²) in [6.45, 7) is 7.89. The summed E-state index contributed by atoms with van der Waals surface area (Å²) in [7, 11) is 0. The molecule has 0 N–H and O–H groups in total. The topological polar surface area (TPSA) is 43.4 Å². The molecule has 0 saturated heterocycles. The third-order valence-corrected chi connectivity index (χ3v) is 3.90. The second kappa shape index (κ2) is 7.54. The Hall–Kier alpha value is -2.68. The molecule has 0 aliphatic carbocycles. The number of carbonyl (C=O) groups is 2. The Kier molecular flexibility index (Phi) is 5.47. The van der Waals surface area contributed by atoms with Crippen molar-refractivity contribution in [2.24, 2.45) is 0 Å². The number of benzene rings is 2. The van der Waals surface area contributed by atoms with Crippen LogP contribution in [-0.4, -0.2) is 11.9 Å². The van der Waals surface area contributed by atoms with E-state index in [0.717, 1.165) is 17.5 Å². The molecule has 0 saturated carbocycles. The van der Waals surface area contributed by atoms with Gasteiger partial charge in [0.05, 0.1) is 11.1 Å². The summed E-state index contributed by atoms with van der Waals surface area (Å²) >= 11 is 0. The minimum Gasteiger partial charge on any atom is -0.386 e. The van der Waals surface area contributed by atoms with Crippen LogP contribution in [-0.2, 0) is 4.74 Å². The molecule has 0 radical (unpaired) electrons. The van der Waals surface area contributed by atoms with Gasteiger partial charge >= 0.3 is 11.9 Å². The van der Waals surface area contributed by atoms with Gasteiger partial charge in [-0.15, -0.1) is 0 Å². The quantitative estimate of drug-likeness (QED) is 0.586. The van der Waals surface area contributed by atoms with Crippen molar-refractivity contribution in [1.29, 1.82) is 0 Å². The lowest BCUT2D eigenvalue weighted by Gasteiger charge is -2.09. The second-order valence-corrected chi connectivity index (χ2v) is 5.43. The number of esters is 2. The normalized spacial score (nSPS) is 11.6. The lowest BCUT2D eigenvalue weighted by Crippen LogP contribution is -2.13. The highest BCUT2D eigenvalue weighted by Crippen LogP contribution is 2.19. The summed E-state index contributed by atoms with van der Waals surface area (Å²) in [6, 6.07) is 13.9. The summed E-state index contributed by atoms with van der Waals surface area (Å²) < 4.78 is 4.92. The maximum atomic E-state index is 12.0. The van der Waals surface area contributed by atoms with Gasteiger partial charge in [-0.05, 0) is 47.7 Å².